The van der Waals surface area contributed by atoms with E-state index in [9.17, 15) is 9.59 Å². The van der Waals surface area contributed by atoms with Crippen LogP contribution in [0.4, 0.5) is 0 Å². The Morgan fingerprint density at radius 1 is 1.04 bits per heavy atom. The van der Waals surface area contributed by atoms with E-state index < -0.39 is 11.8 Å². The summed E-state index contributed by atoms with van der Waals surface area (Å²) in [6.07, 6.45) is 4.18. The maximum Gasteiger partial charge on any atom is 0.235 e. The Balaban J connectivity index is 1.68. The molecule has 1 fully saturated rings. The van der Waals surface area contributed by atoms with Crippen LogP contribution in [-0.2, 0) is 22.6 Å². The third-order valence-corrected chi connectivity index (χ3v) is 5.90. The first kappa shape index (κ1) is 15.6. The van der Waals surface area contributed by atoms with Gasteiger partial charge in [0.1, 0.15) is 0 Å². The molecule has 2 atom stereocenters. The molecule has 0 spiro atoms. The number of nitrogens with one attached hydrogen (secondary N) is 1. The second kappa shape index (κ2) is 5.71. The van der Waals surface area contributed by atoms with E-state index in [-0.39, 0.29) is 11.8 Å². The molecule has 3 aromatic rings. The Hall–Kier alpha value is -2.59. The van der Waals surface area contributed by atoms with Gasteiger partial charge in [0.15, 0.2) is 0 Å². The number of aromatic nitrogens is 1. The Bertz CT molecular complexity index is 1070. The normalized spacial score (nSPS) is 22.0. The highest BCUT2D eigenvalue weighted by atomic mass is 35.5. The van der Waals surface area contributed by atoms with Crippen molar-refractivity contribution in [3.63, 3.8) is 0 Å². The SMILES string of the molecule is O=C1NC(=O)[C@@H](c2ccccc2Cl)[C@@H]1c1cc2c3c(ccn3CCC2)c1. The van der Waals surface area contributed by atoms with E-state index in [1.807, 2.05) is 24.3 Å². The zero-order valence-corrected chi connectivity index (χ0v) is 14.8. The maximum absolute atomic E-state index is 12.7. The number of hydrogen-bond acceptors (Lipinski definition) is 2. The summed E-state index contributed by atoms with van der Waals surface area (Å²) in [5.41, 5.74) is 4.09. The van der Waals surface area contributed by atoms with Crippen LogP contribution in [0.1, 0.15) is 34.9 Å². The Kier molecular flexibility index (Phi) is 3.44. The molecule has 2 aliphatic rings. The van der Waals surface area contributed by atoms with E-state index in [2.05, 4.69) is 28.2 Å². The average molecular weight is 365 g/mol. The summed E-state index contributed by atoms with van der Waals surface area (Å²) >= 11 is 6.34. The molecular weight excluding hydrogens is 348 g/mol. The van der Waals surface area contributed by atoms with Gasteiger partial charge in [-0.15, -0.1) is 0 Å². The second-order valence-electron chi connectivity index (χ2n) is 7.06. The van der Waals surface area contributed by atoms with Crippen molar-refractivity contribution in [2.75, 3.05) is 0 Å². The molecule has 0 saturated carbocycles. The Labute approximate surface area is 155 Å². The first-order chi connectivity index (χ1) is 12.6. The quantitative estimate of drug-likeness (QED) is 0.704. The van der Waals surface area contributed by atoms with Crippen molar-refractivity contribution in [2.45, 2.75) is 31.2 Å². The first-order valence-corrected chi connectivity index (χ1v) is 9.22. The van der Waals surface area contributed by atoms with Crippen LogP contribution in [0.2, 0.25) is 5.02 Å². The van der Waals surface area contributed by atoms with Crippen molar-refractivity contribution in [1.29, 1.82) is 0 Å². The highest BCUT2D eigenvalue weighted by Crippen LogP contribution is 2.42. The molecule has 0 unspecified atom stereocenters. The van der Waals surface area contributed by atoms with Gasteiger partial charge in [-0.25, -0.2) is 0 Å². The summed E-state index contributed by atoms with van der Waals surface area (Å²) in [5.74, 6) is -1.67. The fourth-order valence-corrected chi connectivity index (χ4v) is 4.69. The predicted octanol–water partition coefficient (Wildman–Crippen LogP) is 3.76. The van der Waals surface area contributed by atoms with Gasteiger partial charge < -0.3 is 4.57 Å². The lowest BCUT2D eigenvalue weighted by molar-refractivity contribution is -0.125. The van der Waals surface area contributed by atoms with Gasteiger partial charge >= 0.3 is 0 Å². The zero-order valence-electron chi connectivity index (χ0n) is 14.0. The Morgan fingerprint density at radius 2 is 1.85 bits per heavy atom. The van der Waals surface area contributed by atoms with Crippen LogP contribution in [0.15, 0.2) is 48.7 Å². The van der Waals surface area contributed by atoms with Crippen LogP contribution in [0.3, 0.4) is 0 Å². The smallest absolute Gasteiger partial charge is 0.235 e. The predicted molar refractivity (Wildman–Crippen MR) is 100 cm³/mol. The summed E-state index contributed by atoms with van der Waals surface area (Å²) in [6, 6.07) is 13.5. The molecule has 5 heteroatoms. The molecule has 130 valence electrons. The summed E-state index contributed by atoms with van der Waals surface area (Å²) in [5, 5.41) is 4.15. The number of benzene rings is 2. The van der Waals surface area contributed by atoms with Crippen LogP contribution in [0.5, 0.6) is 0 Å². The molecule has 2 aliphatic heterocycles. The van der Waals surface area contributed by atoms with Crippen molar-refractivity contribution in [2.24, 2.45) is 0 Å². The van der Waals surface area contributed by atoms with E-state index in [1.54, 1.807) is 6.07 Å². The summed E-state index contributed by atoms with van der Waals surface area (Å²) in [6.45, 7) is 1.03. The summed E-state index contributed by atoms with van der Waals surface area (Å²) < 4.78 is 2.27. The van der Waals surface area contributed by atoms with Gasteiger partial charge in [0.05, 0.1) is 17.4 Å². The molecule has 0 aliphatic carbocycles. The van der Waals surface area contributed by atoms with E-state index >= 15 is 0 Å². The molecule has 2 aromatic carbocycles. The highest BCUT2D eigenvalue weighted by Gasteiger charge is 2.44. The van der Waals surface area contributed by atoms with E-state index in [1.165, 1.54) is 11.1 Å². The van der Waals surface area contributed by atoms with Gasteiger partial charge in [0.25, 0.3) is 0 Å². The average Bonchev–Trinajstić information content (AvgIpc) is 3.17. The van der Waals surface area contributed by atoms with Crippen LogP contribution in [-0.4, -0.2) is 16.4 Å². The lowest BCUT2D eigenvalue weighted by atomic mass is 9.82. The number of imide groups is 1. The van der Waals surface area contributed by atoms with Crippen molar-refractivity contribution < 1.29 is 9.59 Å². The van der Waals surface area contributed by atoms with Gasteiger partial charge in [-0.1, -0.05) is 35.9 Å². The molecule has 26 heavy (non-hydrogen) atoms. The summed E-state index contributed by atoms with van der Waals surface area (Å²) in [7, 11) is 0. The highest BCUT2D eigenvalue weighted by molar-refractivity contribution is 6.32. The van der Waals surface area contributed by atoms with Crippen molar-refractivity contribution in [1.82, 2.24) is 9.88 Å². The molecule has 1 aromatic heterocycles. The molecule has 3 heterocycles. The number of rotatable bonds is 2. The van der Waals surface area contributed by atoms with E-state index in [4.69, 9.17) is 11.6 Å². The lowest BCUT2D eigenvalue weighted by Crippen LogP contribution is -2.22. The fraction of sp³-hybridized carbons (Fsp3) is 0.238. The number of halogens is 1. The first-order valence-electron chi connectivity index (χ1n) is 8.84. The molecule has 5 rings (SSSR count). The van der Waals surface area contributed by atoms with Crippen molar-refractivity contribution in [3.8, 4) is 0 Å². The van der Waals surface area contributed by atoms with Gasteiger partial charge in [0.2, 0.25) is 11.8 Å². The largest absolute Gasteiger partial charge is 0.347 e. The zero-order chi connectivity index (χ0) is 17.8. The number of nitrogens with zero attached hydrogens (tertiary/aromatic N) is 1. The molecule has 4 nitrogen and oxygen atoms in total. The number of amides is 2. The van der Waals surface area contributed by atoms with E-state index in [0.717, 1.165) is 30.3 Å². The van der Waals surface area contributed by atoms with E-state index in [0.29, 0.717) is 10.6 Å². The van der Waals surface area contributed by atoms with Crippen LogP contribution in [0.25, 0.3) is 10.9 Å². The van der Waals surface area contributed by atoms with Gasteiger partial charge in [-0.05, 0) is 47.7 Å². The number of carbonyl (C=O) groups is 2. The molecular formula is C21H17ClN2O2. The molecule has 2 amide bonds. The minimum atomic E-state index is -0.591. The third-order valence-electron chi connectivity index (χ3n) is 5.55. The van der Waals surface area contributed by atoms with Crippen LogP contribution < -0.4 is 5.32 Å². The molecule has 0 bridgehead atoms. The molecule has 1 N–H and O–H groups in total. The second-order valence-corrected chi connectivity index (χ2v) is 7.47. The number of carbonyl (C=O) groups excluding carboxylic acids is 2. The minimum Gasteiger partial charge on any atom is -0.347 e. The minimum absolute atomic E-state index is 0.248. The maximum atomic E-state index is 12.7. The molecule has 1 saturated heterocycles. The number of hydrogen-bond donors (Lipinski definition) is 1. The van der Waals surface area contributed by atoms with Crippen molar-refractivity contribution in [3.05, 3.63) is 70.4 Å². The number of aryl methyl sites for hydroxylation is 2. The van der Waals surface area contributed by atoms with Gasteiger partial charge in [-0.3, -0.25) is 14.9 Å². The topological polar surface area (TPSA) is 51.1 Å². The monoisotopic (exact) mass is 364 g/mol. The Morgan fingerprint density at radius 3 is 2.69 bits per heavy atom. The van der Waals surface area contributed by atoms with Gasteiger partial charge in [0, 0.05) is 23.2 Å². The van der Waals surface area contributed by atoms with Crippen molar-refractivity contribution >= 4 is 34.3 Å². The standard InChI is InChI=1S/C21H17ClN2O2/c22-16-6-2-1-5-15(16)18-17(20(25)23-21(18)26)14-10-12-4-3-8-24-9-7-13(11-14)19(12)24/h1-2,5-7,9-11,17-18H,3-4,8H2,(H,23,25,26)/t17-,18-/m0/s1. The molecule has 0 radical (unpaired) electrons. The third kappa shape index (κ3) is 2.22. The lowest BCUT2D eigenvalue weighted by Gasteiger charge is -2.21. The summed E-state index contributed by atoms with van der Waals surface area (Å²) in [4.78, 5) is 25.2. The van der Waals surface area contributed by atoms with Gasteiger partial charge in [-0.2, -0.15) is 0 Å². The fourth-order valence-electron chi connectivity index (χ4n) is 4.43. The van der Waals surface area contributed by atoms with Crippen LogP contribution in [0, 0.1) is 0 Å². The van der Waals surface area contributed by atoms with Crippen LogP contribution >= 0.6 is 11.6 Å².